The summed E-state index contributed by atoms with van der Waals surface area (Å²) < 4.78 is 30.6. The minimum Gasteiger partial charge on any atom is -0.477 e. The zero-order valence-corrected chi connectivity index (χ0v) is 16.4. The predicted octanol–water partition coefficient (Wildman–Crippen LogP) is 4.02. The van der Waals surface area contributed by atoms with Gasteiger partial charge in [0.05, 0.1) is 17.7 Å². The first-order valence-corrected chi connectivity index (χ1v) is 10.4. The van der Waals surface area contributed by atoms with Crippen LogP contribution in [0.15, 0.2) is 59.6 Å². The summed E-state index contributed by atoms with van der Waals surface area (Å²) in [4.78, 5) is 4.62. The largest absolute Gasteiger partial charge is 0.477 e. The second-order valence-electron chi connectivity index (χ2n) is 6.02. The molecule has 0 atom stereocenters. The third kappa shape index (κ3) is 4.68. The fourth-order valence-corrected chi connectivity index (χ4v) is 3.19. The first kappa shape index (κ1) is 19.4. The highest BCUT2D eigenvalue weighted by atomic mass is 35.5. The third-order valence-corrected chi connectivity index (χ3v) is 5.16. The van der Waals surface area contributed by atoms with Crippen LogP contribution in [0.25, 0.3) is 17.1 Å². The number of nitrogens with zero attached hydrogens (tertiary/aromatic N) is 2. The Kier molecular flexibility index (Phi) is 5.84. The molecule has 0 saturated heterocycles. The van der Waals surface area contributed by atoms with Crippen molar-refractivity contribution in [1.82, 2.24) is 9.55 Å². The van der Waals surface area contributed by atoms with Gasteiger partial charge in [-0.05, 0) is 55.0 Å². The maximum absolute atomic E-state index is 11.5. The van der Waals surface area contributed by atoms with Crippen molar-refractivity contribution < 1.29 is 13.2 Å². The van der Waals surface area contributed by atoms with Crippen molar-refractivity contribution in [3.63, 3.8) is 0 Å². The van der Waals surface area contributed by atoms with Crippen LogP contribution in [-0.2, 0) is 10.0 Å². The van der Waals surface area contributed by atoms with E-state index in [4.69, 9.17) is 21.5 Å². The molecule has 0 spiro atoms. The third-order valence-electron chi connectivity index (χ3n) is 3.98. The normalized spacial score (nSPS) is 11.5. The summed E-state index contributed by atoms with van der Waals surface area (Å²) >= 11 is 5.99. The average molecular weight is 406 g/mol. The second kappa shape index (κ2) is 8.12. The van der Waals surface area contributed by atoms with Crippen molar-refractivity contribution in [2.45, 2.75) is 24.7 Å². The van der Waals surface area contributed by atoms with Gasteiger partial charge in [-0.2, -0.15) is 4.98 Å². The monoisotopic (exact) mass is 405 g/mol. The van der Waals surface area contributed by atoms with E-state index in [9.17, 15) is 8.42 Å². The van der Waals surface area contributed by atoms with Crippen molar-refractivity contribution in [3.8, 4) is 23.0 Å². The van der Waals surface area contributed by atoms with Crippen LogP contribution in [0.1, 0.15) is 19.8 Å². The minimum absolute atomic E-state index is 0.0512. The van der Waals surface area contributed by atoms with Crippen molar-refractivity contribution in [2.24, 2.45) is 5.14 Å². The van der Waals surface area contributed by atoms with E-state index in [-0.39, 0.29) is 4.90 Å². The number of hydrogen-bond donors (Lipinski definition) is 1. The molecule has 2 aromatic carbocycles. The SMILES string of the molecule is CCCCOc1cn(-c2ccc(Cl)cc2)c(-c2ccc(S(N)(=O)=O)cc2)n1. The molecule has 0 radical (unpaired) electrons. The Morgan fingerprint density at radius 3 is 2.37 bits per heavy atom. The molecule has 1 heterocycles. The molecule has 8 heteroatoms. The molecule has 0 amide bonds. The zero-order valence-electron chi connectivity index (χ0n) is 14.8. The van der Waals surface area contributed by atoms with Gasteiger partial charge in [0.15, 0.2) is 0 Å². The number of rotatable bonds is 7. The molecule has 3 rings (SSSR count). The van der Waals surface area contributed by atoms with Gasteiger partial charge < -0.3 is 4.74 Å². The lowest BCUT2D eigenvalue weighted by Gasteiger charge is -2.08. The van der Waals surface area contributed by atoms with E-state index in [1.54, 1.807) is 24.3 Å². The Morgan fingerprint density at radius 1 is 1.11 bits per heavy atom. The number of unbranched alkanes of at least 4 members (excludes halogenated alkanes) is 1. The van der Waals surface area contributed by atoms with Gasteiger partial charge in [-0.1, -0.05) is 24.9 Å². The topological polar surface area (TPSA) is 87.2 Å². The second-order valence-corrected chi connectivity index (χ2v) is 8.02. The molecule has 0 saturated carbocycles. The standard InChI is InChI=1S/C19H20ClN3O3S/c1-2-3-12-26-18-13-23(16-8-6-15(20)7-9-16)19(22-18)14-4-10-17(11-5-14)27(21,24)25/h4-11,13H,2-3,12H2,1H3,(H2,21,24,25). The summed E-state index contributed by atoms with van der Waals surface area (Å²) in [6.07, 6.45) is 3.77. The van der Waals surface area contributed by atoms with E-state index >= 15 is 0 Å². The minimum atomic E-state index is -3.75. The molecule has 142 valence electrons. The number of hydrogen-bond acceptors (Lipinski definition) is 4. The van der Waals surface area contributed by atoms with Crippen LogP contribution in [0.4, 0.5) is 0 Å². The number of nitrogens with two attached hydrogens (primary N) is 1. The van der Waals surface area contributed by atoms with Crippen molar-refractivity contribution in [2.75, 3.05) is 6.61 Å². The number of sulfonamides is 1. The fraction of sp³-hybridized carbons (Fsp3) is 0.211. The van der Waals surface area contributed by atoms with Crippen LogP contribution in [0.2, 0.25) is 5.02 Å². The molecule has 0 aliphatic heterocycles. The summed E-state index contributed by atoms with van der Waals surface area (Å²) in [7, 11) is -3.75. The van der Waals surface area contributed by atoms with Crippen LogP contribution in [-0.4, -0.2) is 24.6 Å². The number of imidazole rings is 1. The Bertz CT molecular complexity index is 1010. The van der Waals surface area contributed by atoms with Crippen molar-refractivity contribution in [3.05, 3.63) is 59.8 Å². The summed E-state index contributed by atoms with van der Waals surface area (Å²) in [6.45, 7) is 2.67. The molecule has 6 nitrogen and oxygen atoms in total. The highest BCUT2D eigenvalue weighted by Gasteiger charge is 2.14. The van der Waals surface area contributed by atoms with Crippen LogP contribution in [0, 0.1) is 0 Å². The molecule has 0 fully saturated rings. The van der Waals surface area contributed by atoms with E-state index < -0.39 is 10.0 Å². The number of aromatic nitrogens is 2. The summed E-state index contributed by atoms with van der Waals surface area (Å²) in [5, 5.41) is 5.81. The first-order chi connectivity index (χ1) is 12.9. The van der Waals surface area contributed by atoms with Gasteiger partial charge in [0, 0.05) is 16.3 Å². The Morgan fingerprint density at radius 2 is 1.78 bits per heavy atom. The molecule has 0 bridgehead atoms. The molecule has 3 aromatic rings. The Balaban J connectivity index is 2.02. The number of benzene rings is 2. The fourth-order valence-electron chi connectivity index (χ4n) is 2.55. The van der Waals surface area contributed by atoms with E-state index in [2.05, 4.69) is 11.9 Å². The first-order valence-electron chi connectivity index (χ1n) is 8.50. The zero-order chi connectivity index (χ0) is 19.4. The lowest BCUT2D eigenvalue weighted by Crippen LogP contribution is -2.11. The van der Waals surface area contributed by atoms with Gasteiger partial charge in [-0.3, -0.25) is 4.57 Å². The molecule has 27 heavy (non-hydrogen) atoms. The lowest BCUT2D eigenvalue weighted by atomic mass is 10.2. The summed E-state index contributed by atoms with van der Waals surface area (Å²) in [5.74, 6) is 1.13. The highest BCUT2D eigenvalue weighted by molar-refractivity contribution is 7.89. The Labute approximate surface area is 163 Å². The van der Waals surface area contributed by atoms with Crippen LogP contribution in [0.3, 0.4) is 0 Å². The quantitative estimate of drug-likeness (QED) is 0.601. The summed E-state index contributed by atoms with van der Waals surface area (Å²) in [5.41, 5.74) is 1.60. The van der Waals surface area contributed by atoms with Gasteiger partial charge in [0.2, 0.25) is 15.9 Å². The number of ether oxygens (including phenoxy) is 1. The molecule has 0 aliphatic rings. The van der Waals surface area contributed by atoms with E-state index in [0.717, 1.165) is 24.1 Å². The maximum Gasteiger partial charge on any atom is 0.238 e. The number of primary sulfonamides is 1. The van der Waals surface area contributed by atoms with Crippen molar-refractivity contribution >= 4 is 21.6 Å². The molecular formula is C19H20ClN3O3S. The molecule has 2 N–H and O–H groups in total. The van der Waals surface area contributed by atoms with Gasteiger partial charge in [0.25, 0.3) is 0 Å². The average Bonchev–Trinajstić information content (AvgIpc) is 3.06. The lowest BCUT2D eigenvalue weighted by molar-refractivity contribution is 0.299. The summed E-state index contributed by atoms with van der Waals surface area (Å²) in [6, 6.07) is 13.6. The molecular weight excluding hydrogens is 386 g/mol. The van der Waals surface area contributed by atoms with Gasteiger partial charge in [-0.15, -0.1) is 0 Å². The Hall–Kier alpha value is -2.35. The highest BCUT2D eigenvalue weighted by Crippen LogP contribution is 2.27. The smallest absolute Gasteiger partial charge is 0.238 e. The van der Waals surface area contributed by atoms with Crippen LogP contribution < -0.4 is 9.88 Å². The molecule has 1 aromatic heterocycles. The predicted molar refractivity (Wildman–Crippen MR) is 106 cm³/mol. The van der Waals surface area contributed by atoms with Gasteiger partial charge in [-0.25, -0.2) is 13.6 Å². The van der Waals surface area contributed by atoms with E-state index in [0.29, 0.717) is 23.3 Å². The maximum atomic E-state index is 11.5. The van der Waals surface area contributed by atoms with Crippen molar-refractivity contribution in [1.29, 1.82) is 0 Å². The van der Waals surface area contributed by atoms with E-state index in [1.807, 2.05) is 22.9 Å². The molecule has 0 unspecified atom stereocenters. The van der Waals surface area contributed by atoms with E-state index in [1.165, 1.54) is 12.1 Å². The molecule has 0 aliphatic carbocycles. The van der Waals surface area contributed by atoms with Crippen LogP contribution >= 0.6 is 11.6 Å². The van der Waals surface area contributed by atoms with Gasteiger partial charge in [0.1, 0.15) is 5.82 Å². The van der Waals surface area contributed by atoms with Crippen LogP contribution in [0.5, 0.6) is 5.88 Å². The number of halogens is 1. The van der Waals surface area contributed by atoms with Gasteiger partial charge >= 0.3 is 0 Å².